The van der Waals surface area contributed by atoms with Crippen LogP contribution >= 0.6 is 23.4 Å². The second-order valence-corrected chi connectivity index (χ2v) is 9.85. The van der Waals surface area contributed by atoms with E-state index >= 15 is 0 Å². The van der Waals surface area contributed by atoms with Gasteiger partial charge in [-0.05, 0) is 79.4 Å². The number of amides is 1. The van der Waals surface area contributed by atoms with E-state index in [-0.39, 0.29) is 10.6 Å². The third-order valence-corrected chi connectivity index (χ3v) is 7.26. The predicted molar refractivity (Wildman–Crippen MR) is 124 cm³/mol. The number of hydrogen-bond donors (Lipinski definition) is 1. The molecule has 0 unspecified atom stereocenters. The molecule has 0 bridgehead atoms. The summed E-state index contributed by atoms with van der Waals surface area (Å²) in [5.74, 6) is -1.18. The number of nitrogens with zero attached hydrogens (tertiary/aromatic N) is 1. The molecule has 0 aromatic heterocycles. The zero-order valence-electron chi connectivity index (χ0n) is 16.8. The van der Waals surface area contributed by atoms with E-state index in [1.54, 1.807) is 37.3 Å². The van der Waals surface area contributed by atoms with Crippen LogP contribution in [-0.4, -0.2) is 27.1 Å². The molecule has 31 heavy (non-hydrogen) atoms. The largest absolute Gasteiger partial charge is 0.324 e. The fourth-order valence-corrected chi connectivity index (χ4v) is 4.96. The van der Waals surface area contributed by atoms with Crippen molar-refractivity contribution in [3.63, 3.8) is 0 Å². The topological polar surface area (TPSA) is 66.5 Å². The highest BCUT2D eigenvalue weighted by molar-refractivity contribution is 7.98. The standard InChI is InChI=1S/C22H20ClFN2O3S2/c1-15-12-16(23)6-11-21(15)25-22(27)14-26(18-5-3-4-17(24)13-18)31(28,29)20-9-7-19(30-2)8-10-20/h3-13H,14H2,1-2H3,(H,25,27). The summed E-state index contributed by atoms with van der Waals surface area (Å²) >= 11 is 7.42. The maximum atomic E-state index is 13.9. The number of halogens is 2. The van der Waals surface area contributed by atoms with Crippen LogP contribution in [0.15, 0.2) is 76.5 Å². The smallest absolute Gasteiger partial charge is 0.264 e. The molecule has 3 aromatic rings. The van der Waals surface area contributed by atoms with Crippen LogP contribution in [0.25, 0.3) is 0 Å². The van der Waals surface area contributed by atoms with Crippen LogP contribution in [0.5, 0.6) is 0 Å². The number of thioether (sulfide) groups is 1. The van der Waals surface area contributed by atoms with Crippen LogP contribution < -0.4 is 9.62 Å². The minimum Gasteiger partial charge on any atom is -0.324 e. The molecule has 0 saturated heterocycles. The van der Waals surface area contributed by atoms with E-state index in [1.165, 1.54) is 42.1 Å². The van der Waals surface area contributed by atoms with Crippen molar-refractivity contribution < 1.29 is 17.6 Å². The minimum atomic E-state index is -4.12. The van der Waals surface area contributed by atoms with Crippen LogP contribution in [0.1, 0.15) is 5.56 Å². The van der Waals surface area contributed by atoms with Gasteiger partial charge in [0, 0.05) is 15.6 Å². The van der Waals surface area contributed by atoms with Crippen LogP contribution in [-0.2, 0) is 14.8 Å². The molecule has 0 heterocycles. The van der Waals surface area contributed by atoms with Crippen LogP contribution in [0, 0.1) is 12.7 Å². The Morgan fingerprint density at radius 2 is 1.81 bits per heavy atom. The molecule has 162 valence electrons. The lowest BCUT2D eigenvalue weighted by Gasteiger charge is -2.24. The third kappa shape index (κ3) is 5.58. The SMILES string of the molecule is CSc1ccc(S(=O)(=O)N(CC(=O)Nc2ccc(Cl)cc2C)c2cccc(F)c2)cc1. The van der Waals surface area contributed by atoms with Crippen molar-refractivity contribution in [3.8, 4) is 0 Å². The number of sulfonamides is 1. The lowest BCUT2D eigenvalue weighted by Crippen LogP contribution is -2.38. The molecule has 1 N–H and O–H groups in total. The quantitative estimate of drug-likeness (QED) is 0.465. The second kappa shape index (κ2) is 9.72. The Labute approximate surface area is 190 Å². The number of hydrogen-bond acceptors (Lipinski definition) is 4. The van der Waals surface area contributed by atoms with Gasteiger partial charge >= 0.3 is 0 Å². The van der Waals surface area contributed by atoms with Gasteiger partial charge < -0.3 is 5.32 Å². The van der Waals surface area contributed by atoms with Crippen LogP contribution in [0.3, 0.4) is 0 Å². The highest BCUT2D eigenvalue weighted by Crippen LogP contribution is 2.26. The van der Waals surface area contributed by atoms with Gasteiger partial charge in [-0.15, -0.1) is 11.8 Å². The summed E-state index contributed by atoms with van der Waals surface area (Å²) in [5.41, 5.74) is 1.29. The fourth-order valence-electron chi connectivity index (χ4n) is 2.91. The third-order valence-electron chi connectivity index (χ3n) is 4.49. The first-order chi connectivity index (χ1) is 14.7. The van der Waals surface area contributed by atoms with Gasteiger partial charge in [0.1, 0.15) is 12.4 Å². The summed E-state index contributed by atoms with van der Waals surface area (Å²) in [6.45, 7) is 1.24. The predicted octanol–water partition coefficient (Wildman–Crippen LogP) is 5.34. The van der Waals surface area contributed by atoms with E-state index in [1.807, 2.05) is 6.26 Å². The summed E-state index contributed by atoms with van der Waals surface area (Å²) in [6.07, 6.45) is 1.88. The highest BCUT2D eigenvalue weighted by atomic mass is 35.5. The van der Waals surface area contributed by atoms with E-state index < -0.39 is 28.3 Å². The van der Waals surface area contributed by atoms with Crippen molar-refractivity contribution in [3.05, 3.63) is 83.1 Å². The molecule has 0 aliphatic carbocycles. The summed E-state index contributed by atoms with van der Waals surface area (Å²) in [7, 11) is -4.12. The Kier molecular flexibility index (Phi) is 7.25. The van der Waals surface area contributed by atoms with Crippen molar-refractivity contribution in [1.82, 2.24) is 0 Å². The molecule has 0 aliphatic heterocycles. The fraction of sp³-hybridized carbons (Fsp3) is 0.136. The molecule has 1 amide bonds. The Morgan fingerprint density at radius 1 is 1.10 bits per heavy atom. The number of carbonyl (C=O) groups is 1. The van der Waals surface area contributed by atoms with Crippen molar-refractivity contribution in [2.24, 2.45) is 0 Å². The maximum absolute atomic E-state index is 13.9. The van der Waals surface area contributed by atoms with E-state index in [4.69, 9.17) is 11.6 Å². The molecule has 0 saturated carbocycles. The average Bonchev–Trinajstić information content (AvgIpc) is 2.74. The van der Waals surface area contributed by atoms with Gasteiger partial charge in [0.15, 0.2) is 0 Å². The molecule has 0 atom stereocenters. The molecule has 3 rings (SSSR count). The summed E-state index contributed by atoms with van der Waals surface area (Å²) in [6, 6.07) is 16.4. The van der Waals surface area contributed by atoms with Gasteiger partial charge in [0.05, 0.1) is 10.6 Å². The molecule has 9 heteroatoms. The van der Waals surface area contributed by atoms with Gasteiger partial charge in [-0.3, -0.25) is 9.10 Å². The zero-order chi connectivity index (χ0) is 22.6. The molecule has 0 aliphatic rings. The lowest BCUT2D eigenvalue weighted by atomic mass is 10.2. The van der Waals surface area contributed by atoms with E-state index in [0.717, 1.165) is 20.8 Å². The van der Waals surface area contributed by atoms with Gasteiger partial charge in [-0.25, -0.2) is 12.8 Å². The van der Waals surface area contributed by atoms with E-state index in [2.05, 4.69) is 5.32 Å². The molecule has 0 fully saturated rings. The Hall–Kier alpha value is -2.55. The summed E-state index contributed by atoms with van der Waals surface area (Å²) in [4.78, 5) is 13.6. The van der Waals surface area contributed by atoms with Gasteiger partial charge in [0.2, 0.25) is 5.91 Å². The van der Waals surface area contributed by atoms with Crippen LogP contribution in [0.2, 0.25) is 5.02 Å². The van der Waals surface area contributed by atoms with Gasteiger partial charge in [-0.1, -0.05) is 17.7 Å². The molecular weight excluding hydrogens is 459 g/mol. The number of anilines is 2. The Balaban J connectivity index is 1.95. The highest BCUT2D eigenvalue weighted by Gasteiger charge is 2.27. The minimum absolute atomic E-state index is 0.00466. The Bertz CT molecular complexity index is 1200. The average molecular weight is 479 g/mol. The molecular formula is C22H20ClFN2O3S2. The maximum Gasteiger partial charge on any atom is 0.264 e. The zero-order valence-corrected chi connectivity index (χ0v) is 19.2. The van der Waals surface area contributed by atoms with Gasteiger partial charge in [0.25, 0.3) is 10.0 Å². The first-order valence-electron chi connectivity index (χ1n) is 9.19. The first kappa shape index (κ1) is 23.1. The van der Waals surface area contributed by atoms with Gasteiger partial charge in [-0.2, -0.15) is 0 Å². The van der Waals surface area contributed by atoms with Crippen molar-refractivity contribution in [2.45, 2.75) is 16.7 Å². The molecule has 5 nitrogen and oxygen atoms in total. The molecule has 0 radical (unpaired) electrons. The molecule has 3 aromatic carbocycles. The first-order valence-corrected chi connectivity index (χ1v) is 12.2. The summed E-state index contributed by atoms with van der Waals surface area (Å²) < 4.78 is 41.4. The van der Waals surface area contributed by atoms with Crippen molar-refractivity contribution in [2.75, 3.05) is 22.4 Å². The number of nitrogens with one attached hydrogen (secondary N) is 1. The monoisotopic (exact) mass is 478 g/mol. The number of carbonyl (C=O) groups excluding carboxylic acids is 1. The van der Waals surface area contributed by atoms with Crippen molar-refractivity contribution in [1.29, 1.82) is 0 Å². The van der Waals surface area contributed by atoms with Crippen molar-refractivity contribution >= 4 is 50.7 Å². The van der Waals surface area contributed by atoms with E-state index in [9.17, 15) is 17.6 Å². The van der Waals surface area contributed by atoms with Crippen LogP contribution in [0.4, 0.5) is 15.8 Å². The number of rotatable bonds is 7. The Morgan fingerprint density at radius 3 is 2.42 bits per heavy atom. The van der Waals surface area contributed by atoms with E-state index in [0.29, 0.717) is 10.7 Å². The number of benzene rings is 3. The molecule has 0 spiro atoms. The lowest BCUT2D eigenvalue weighted by molar-refractivity contribution is -0.114. The second-order valence-electron chi connectivity index (χ2n) is 6.67. The summed E-state index contributed by atoms with van der Waals surface area (Å²) in [5, 5.41) is 3.21. The normalized spacial score (nSPS) is 11.2. The number of aryl methyl sites for hydroxylation is 1.